The van der Waals surface area contributed by atoms with E-state index in [4.69, 9.17) is 9.47 Å². The van der Waals surface area contributed by atoms with Gasteiger partial charge < -0.3 is 19.7 Å². The highest BCUT2D eigenvalue weighted by Gasteiger charge is 2.41. The summed E-state index contributed by atoms with van der Waals surface area (Å²) < 4.78 is 10.3. The Morgan fingerprint density at radius 3 is 2.55 bits per heavy atom. The third-order valence-electron chi connectivity index (χ3n) is 3.23. The van der Waals surface area contributed by atoms with Gasteiger partial charge in [-0.1, -0.05) is 20.8 Å². The van der Waals surface area contributed by atoms with Crippen LogP contribution in [0.3, 0.4) is 0 Å². The molecule has 0 aromatic rings. The Morgan fingerprint density at radius 2 is 1.95 bits per heavy atom. The first-order valence-corrected chi connectivity index (χ1v) is 7.02. The van der Waals surface area contributed by atoms with Crippen molar-refractivity contribution >= 4 is 11.8 Å². The number of carbonyl (C=O) groups is 2. The van der Waals surface area contributed by atoms with Crippen LogP contribution in [0.15, 0.2) is 0 Å². The molecule has 1 heterocycles. The van der Waals surface area contributed by atoms with Crippen molar-refractivity contribution in [1.82, 2.24) is 10.2 Å². The van der Waals surface area contributed by atoms with Crippen LogP contribution in [0.5, 0.6) is 0 Å². The number of nitrogens with zero attached hydrogens (tertiary/aromatic N) is 1. The number of hydrogen-bond donors (Lipinski definition) is 1. The molecule has 1 saturated heterocycles. The normalized spacial score (nSPS) is 20.2. The molecule has 1 fully saturated rings. The maximum atomic E-state index is 12.0. The molecule has 116 valence electrons. The van der Waals surface area contributed by atoms with Gasteiger partial charge in [-0.2, -0.15) is 0 Å². The van der Waals surface area contributed by atoms with Crippen molar-refractivity contribution in [1.29, 1.82) is 0 Å². The summed E-state index contributed by atoms with van der Waals surface area (Å²) in [5.74, 6) is -0.0983. The van der Waals surface area contributed by atoms with Crippen LogP contribution in [0.4, 0.5) is 0 Å². The smallest absolute Gasteiger partial charge is 0.243 e. The summed E-state index contributed by atoms with van der Waals surface area (Å²) in [5, 5.41) is 2.66. The summed E-state index contributed by atoms with van der Waals surface area (Å²) >= 11 is 0. The van der Waals surface area contributed by atoms with Crippen molar-refractivity contribution < 1.29 is 19.1 Å². The third-order valence-corrected chi connectivity index (χ3v) is 3.23. The quantitative estimate of drug-likeness (QED) is 0.688. The van der Waals surface area contributed by atoms with E-state index in [2.05, 4.69) is 5.32 Å². The van der Waals surface area contributed by atoms with E-state index in [9.17, 15) is 9.59 Å². The van der Waals surface area contributed by atoms with Gasteiger partial charge in [0.05, 0.1) is 19.8 Å². The van der Waals surface area contributed by atoms with E-state index in [1.165, 1.54) is 0 Å². The van der Waals surface area contributed by atoms with Gasteiger partial charge in [0, 0.05) is 20.3 Å². The minimum absolute atomic E-state index is 0.0265. The summed E-state index contributed by atoms with van der Waals surface area (Å²) in [5.41, 5.74) is -0.281. The fraction of sp³-hybridized carbons (Fsp3) is 0.857. The van der Waals surface area contributed by atoms with Crippen LogP contribution in [-0.4, -0.2) is 62.8 Å². The van der Waals surface area contributed by atoms with Crippen LogP contribution in [0.25, 0.3) is 0 Å². The molecule has 0 aromatic carbocycles. The van der Waals surface area contributed by atoms with Gasteiger partial charge in [-0.3, -0.25) is 9.59 Å². The lowest BCUT2D eigenvalue weighted by Gasteiger charge is -2.42. The van der Waals surface area contributed by atoms with Crippen LogP contribution in [0.1, 0.15) is 27.2 Å². The lowest BCUT2D eigenvalue weighted by molar-refractivity contribution is -0.150. The number of ether oxygens (including phenoxy) is 2. The fourth-order valence-electron chi connectivity index (χ4n) is 2.34. The molecule has 0 saturated carbocycles. The average molecular weight is 286 g/mol. The molecule has 6 heteroatoms. The first-order chi connectivity index (χ1) is 9.38. The van der Waals surface area contributed by atoms with Gasteiger partial charge in [-0.05, 0) is 11.8 Å². The zero-order valence-corrected chi connectivity index (χ0v) is 12.9. The van der Waals surface area contributed by atoms with E-state index < -0.39 is 6.04 Å². The van der Waals surface area contributed by atoms with Gasteiger partial charge in [0.25, 0.3) is 0 Å². The molecule has 1 aliphatic heterocycles. The molecule has 6 nitrogen and oxygen atoms in total. The molecule has 0 aromatic heterocycles. The van der Waals surface area contributed by atoms with E-state index in [-0.39, 0.29) is 23.8 Å². The maximum Gasteiger partial charge on any atom is 0.243 e. The van der Waals surface area contributed by atoms with Gasteiger partial charge in [0.15, 0.2) is 0 Å². The first-order valence-electron chi connectivity index (χ1n) is 7.02. The lowest BCUT2D eigenvalue weighted by Crippen LogP contribution is -2.62. The predicted molar refractivity (Wildman–Crippen MR) is 75.3 cm³/mol. The van der Waals surface area contributed by atoms with E-state index in [1.54, 1.807) is 12.0 Å². The number of carbonyl (C=O) groups excluding carboxylic acids is 2. The Labute approximate surface area is 120 Å². The molecule has 1 rings (SSSR count). The molecule has 0 radical (unpaired) electrons. The number of amides is 2. The van der Waals surface area contributed by atoms with Crippen molar-refractivity contribution in [2.75, 3.05) is 40.0 Å². The topological polar surface area (TPSA) is 67.9 Å². The van der Waals surface area contributed by atoms with Crippen LogP contribution < -0.4 is 5.32 Å². The molecule has 1 N–H and O–H groups in total. The van der Waals surface area contributed by atoms with Gasteiger partial charge in [0.1, 0.15) is 6.04 Å². The van der Waals surface area contributed by atoms with Crippen LogP contribution in [-0.2, 0) is 19.1 Å². The number of methoxy groups -OCH3 is 1. The Kier molecular flexibility index (Phi) is 6.42. The van der Waals surface area contributed by atoms with Crippen molar-refractivity contribution in [3.63, 3.8) is 0 Å². The highest BCUT2D eigenvalue weighted by molar-refractivity contribution is 5.95. The van der Waals surface area contributed by atoms with Gasteiger partial charge in [-0.15, -0.1) is 0 Å². The molecule has 0 aliphatic carbocycles. The lowest BCUT2D eigenvalue weighted by atomic mass is 9.84. The average Bonchev–Trinajstić information content (AvgIpc) is 2.36. The number of rotatable bonds is 7. The van der Waals surface area contributed by atoms with E-state index in [0.29, 0.717) is 26.4 Å². The molecular formula is C14H26N2O4. The molecule has 1 atom stereocenters. The van der Waals surface area contributed by atoms with Gasteiger partial charge in [-0.25, -0.2) is 0 Å². The van der Waals surface area contributed by atoms with Crippen molar-refractivity contribution in [2.45, 2.75) is 33.2 Å². The summed E-state index contributed by atoms with van der Waals surface area (Å²) in [6.45, 7) is 8.22. The predicted octanol–water partition coefficient (Wildman–Crippen LogP) is 0.413. The van der Waals surface area contributed by atoms with Crippen LogP contribution in [0, 0.1) is 5.41 Å². The highest BCUT2D eigenvalue weighted by atomic mass is 16.5. The number of nitrogens with one attached hydrogen (secondary N) is 1. The van der Waals surface area contributed by atoms with Crippen LogP contribution in [0.2, 0.25) is 0 Å². The minimum Gasteiger partial charge on any atom is -0.382 e. The minimum atomic E-state index is -0.414. The zero-order chi connectivity index (χ0) is 15.2. The largest absolute Gasteiger partial charge is 0.382 e. The van der Waals surface area contributed by atoms with Gasteiger partial charge in [0.2, 0.25) is 11.8 Å². The van der Waals surface area contributed by atoms with Gasteiger partial charge >= 0.3 is 0 Å². The summed E-state index contributed by atoms with van der Waals surface area (Å²) in [4.78, 5) is 25.7. The van der Waals surface area contributed by atoms with Crippen LogP contribution >= 0.6 is 0 Å². The van der Waals surface area contributed by atoms with Crippen molar-refractivity contribution in [3.05, 3.63) is 0 Å². The van der Waals surface area contributed by atoms with E-state index in [0.717, 1.165) is 6.42 Å². The summed E-state index contributed by atoms with van der Waals surface area (Å²) in [7, 11) is 1.63. The second-order valence-electron chi connectivity index (χ2n) is 6.03. The van der Waals surface area contributed by atoms with Crippen molar-refractivity contribution in [2.24, 2.45) is 5.41 Å². The summed E-state index contributed by atoms with van der Waals surface area (Å²) in [6.07, 6.45) is 0.718. The molecule has 1 unspecified atom stereocenters. The Morgan fingerprint density at radius 1 is 1.25 bits per heavy atom. The SMILES string of the molecule is COCCOCCCN1C(=O)CNC(=O)C1C(C)(C)C. The molecule has 0 bridgehead atoms. The third kappa shape index (κ3) is 4.76. The Balaban J connectivity index is 2.50. The highest BCUT2D eigenvalue weighted by Crippen LogP contribution is 2.26. The number of piperazine rings is 1. The Bertz CT molecular complexity index is 339. The summed E-state index contributed by atoms with van der Waals surface area (Å²) in [6, 6.07) is -0.414. The molecule has 2 amide bonds. The standard InChI is InChI=1S/C14H26N2O4/c1-14(2,3)12-13(18)15-10-11(17)16(12)6-5-7-20-9-8-19-4/h12H,5-10H2,1-4H3,(H,15,18). The first kappa shape index (κ1) is 16.9. The van der Waals surface area contributed by atoms with E-state index >= 15 is 0 Å². The Hall–Kier alpha value is -1.14. The fourth-order valence-corrected chi connectivity index (χ4v) is 2.34. The van der Waals surface area contributed by atoms with E-state index in [1.807, 2.05) is 20.8 Å². The molecule has 1 aliphatic rings. The zero-order valence-electron chi connectivity index (χ0n) is 12.9. The maximum absolute atomic E-state index is 12.0. The molecule has 0 spiro atoms. The van der Waals surface area contributed by atoms with Crippen molar-refractivity contribution in [3.8, 4) is 0 Å². The molecule has 20 heavy (non-hydrogen) atoms. The number of hydrogen-bond acceptors (Lipinski definition) is 4. The second kappa shape index (κ2) is 7.59. The monoisotopic (exact) mass is 286 g/mol. The molecular weight excluding hydrogens is 260 g/mol. The second-order valence-corrected chi connectivity index (χ2v) is 6.03.